The lowest BCUT2D eigenvalue weighted by molar-refractivity contribution is 0.453. The SMILES string of the molecule is Fc1cccc(-c2cc3c(Cl)cccc3nc2Cl)c1.O[B]Oc1cc2c(Cl)cccc2nc1Cl. The zero-order chi connectivity index (χ0) is 24.2. The second-order valence-corrected chi connectivity index (χ2v) is 8.48. The van der Waals surface area contributed by atoms with E-state index in [-0.39, 0.29) is 16.7 Å². The molecule has 0 amide bonds. The van der Waals surface area contributed by atoms with Gasteiger partial charge in [0.05, 0.1) is 16.1 Å². The number of pyridine rings is 2. The second-order valence-electron chi connectivity index (χ2n) is 6.95. The zero-order valence-corrected chi connectivity index (χ0v) is 20.2. The highest BCUT2D eigenvalue weighted by atomic mass is 35.5. The first-order chi connectivity index (χ1) is 16.4. The summed E-state index contributed by atoms with van der Waals surface area (Å²) in [6.45, 7) is 0. The Morgan fingerprint density at radius 2 is 1.32 bits per heavy atom. The number of halogens is 5. The van der Waals surface area contributed by atoms with Gasteiger partial charge in [0.1, 0.15) is 16.7 Å². The molecule has 2 heterocycles. The fraction of sp³-hybridized carbons (Fsp3) is 0. The maximum Gasteiger partial charge on any atom is 0.569 e. The van der Waals surface area contributed by atoms with Crippen LogP contribution in [0.25, 0.3) is 32.9 Å². The van der Waals surface area contributed by atoms with Gasteiger partial charge in [0.2, 0.25) is 0 Å². The first kappa shape index (κ1) is 24.5. The van der Waals surface area contributed by atoms with Crippen LogP contribution in [0.15, 0.2) is 72.8 Å². The molecule has 5 rings (SSSR count). The average molecular weight is 533 g/mol. The van der Waals surface area contributed by atoms with E-state index in [1.165, 1.54) is 12.1 Å². The number of fused-ring (bicyclic) bond motifs is 2. The molecule has 0 aliphatic carbocycles. The van der Waals surface area contributed by atoms with Gasteiger partial charge >= 0.3 is 7.69 Å². The van der Waals surface area contributed by atoms with Crippen LogP contribution >= 0.6 is 46.4 Å². The molecule has 0 aliphatic rings. The van der Waals surface area contributed by atoms with Crippen molar-refractivity contribution in [2.75, 3.05) is 0 Å². The largest absolute Gasteiger partial charge is 0.569 e. The van der Waals surface area contributed by atoms with Gasteiger partial charge in [-0.05, 0) is 54.1 Å². The summed E-state index contributed by atoms with van der Waals surface area (Å²) in [5, 5.41) is 11.7. The van der Waals surface area contributed by atoms with Crippen LogP contribution in [0, 0.1) is 5.82 Å². The minimum atomic E-state index is -0.312. The normalized spacial score (nSPS) is 10.6. The molecule has 0 bridgehead atoms. The number of nitrogens with zero attached hydrogens (tertiary/aromatic N) is 2. The molecule has 2 aromatic heterocycles. The Bertz CT molecular complexity index is 1500. The van der Waals surface area contributed by atoms with Crippen molar-refractivity contribution in [1.29, 1.82) is 0 Å². The van der Waals surface area contributed by atoms with Crippen molar-refractivity contribution in [1.82, 2.24) is 9.97 Å². The molecule has 0 saturated carbocycles. The molecule has 0 aliphatic heterocycles. The molecule has 10 heteroatoms. The van der Waals surface area contributed by atoms with Crippen LogP contribution in [-0.2, 0) is 0 Å². The van der Waals surface area contributed by atoms with Crippen LogP contribution in [0.3, 0.4) is 0 Å². The predicted octanol–water partition coefficient (Wildman–Crippen LogP) is 7.79. The van der Waals surface area contributed by atoms with Crippen molar-refractivity contribution >= 4 is 75.9 Å². The molecule has 5 aromatic rings. The van der Waals surface area contributed by atoms with Gasteiger partial charge in [-0.1, -0.05) is 70.7 Å². The Hall–Kier alpha value is -2.61. The van der Waals surface area contributed by atoms with Crippen LogP contribution in [0.5, 0.6) is 5.75 Å². The van der Waals surface area contributed by atoms with Gasteiger partial charge in [-0.15, -0.1) is 0 Å². The smallest absolute Gasteiger partial charge is 0.535 e. The minimum Gasteiger partial charge on any atom is -0.535 e. The van der Waals surface area contributed by atoms with Crippen LogP contribution in [0.1, 0.15) is 0 Å². The third-order valence-corrected chi connectivity index (χ3v) is 6.02. The van der Waals surface area contributed by atoms with Crippen LogP contribution in [0.4, 0.5) is 4.39 Å². The van der Waals surface area contributed by atoms with Gasteiger partial charge in [0.15, 0.2) is 5.15 Å². The molecule has 3 aromatic carbocycles. The molecular weight excluding hydrogens is 520 g/mol. The van der Waals surface area contributed by atoms with Gasteiger partial charge in [0.25, 0.3) is 0 Å². The van der Waals surface area contributed by atoms with Crippen molar-refractivity contribution in [3.05, 3.63) is 99.0 Å². The summed E-state index contributed by atoms with van der Waals surface area (Å²) in [5.41, 5.74) is 2.75. The standard InChI is InChI=1S/C15H8Cl2FN.C9H5BCl2NO2/c16-13-5-2-6-14-12(13)8-11(15(17)19-14)9-3-1-4-10(18)7-9;11-6-2-1-3-7-5(6)4-8(15-10-14)9(12)13-7/h1-8H;1-4,14H. The number of hydrogen-bond donors (Lipinski definition) is 1. The van der Waals surface area contributed by atoms with E-state index in [2.05, 4.69) is 9.97 Å². The lowest BCUT2D eigenvalue weighted by atomic mass is 10.1. The van der Waals surface area contributed by atoms with E-state index in [0.29, 0.717) is 39.5 Å². The maximum atomic E-state index is 13.3. The van der Waals surface area contributed by atoms with E-state index < -0.39 is 0 Å². The lowest BCUT2D eigenvalue weighted by Gasteiger charge is -2.07. The molecule has 0 spiro atoms. The molecule has 0 atom stereocenters. The summed E-state index contributed by atoms with van der Waals surface area (Å²) in [6.07, 6.45) is 0. The average Bonchev–Trinajstić information content (AvgIpc) is 2.81. The Morgan fingerprint density at radius 3 is 1.94 bits per heavy atom. The summed E-state index contributed by atoms with van der Waals surface area (Å²) in [6, 6.07) is 20.4. The molecule has 34 heavy (non-hydrogen) atoms. The van der Waals surface area contributed by atoms with E-state index >= 15 is 0 Å². The monoisotopic (exact) mass is 531 g/mol. The third kappa shape index (κ3) is 5.38. The van der Waals surface area contributed by atoms with Gasteiger partial charge in [-0.3, -0.25) is 0 Å². The lowest BCUT2D eigenvalue weighted by Crippen LogP contribution is -2.01. The molecule has 1 radical (unpaired) electrons. The summed E-state index contributed by atoms with van der Waals surface area (Å²) < 4.78 is 18.1. The Balaban J connectivity index is 0.000000166. The molecule has 0 fully saturated rings. The fourth-order valence-corrected chi connectivity index (χ4v) is 4.14. The quantitative estimate of drug-likeness (QED) is 0.190. The van der Waals surface area contributed by atoms with Crippen molar-refractivity contribution in [3.63, 3.8) is 0 Å². The van der Waals surface area contributed by atoms with Crippen molar-refractivity contribution in [3.8, 4) is 16.9 Å². The fourth-order valence-electron chi connectivity index (χ4n) is 3.25. The van der Waals surface area contributed by atoms with E-state index in [4.69, 9.17) is 56.1 Å². The molecular formula is C24H13BCl4FN2O2. The van der Waals surface area contributed by atoms with Gasteiger partial charge in [0, 0.05) is 21.4 Å². The zero-order valence-electron chi connectivity index (χ0n) is 17.1. The van der Waals surface area contributed by atoms with Crippen LogP contribution in [-0.4, -0.2) is 22.7 Å². The first-order valence-corrected chi connectivity index (χ1v) is 11.3. The molecule has 0 saturated heterocycles. The van der Waals surface area contributed by atoms with Gasteiger partial charge < -0.3 is 9.68 Å². The van der Waals surface area contributed by atoms with E-state index in [9.17, 15) is 4.39 Å². The van der Waals surface area contributed by atoms with Crippen LogP contribution in [0.2, 0.25) is 20.4 Å². The summed E-state index contributed by atoms with van der Waals surface area (Å²) in [5.74, 6) is -0.0485. The van der Waals surface area contributed by atoms with Crippen molar-refractivity contribution in [2.45, 2.75) is 0 Å². The van der Waals surface area contributed by atoms with E-state index in [1.807, 2.05) is 18.2 Å². The molecule has 4 nitrogen and oxygen atoms in total. The van der Waals surface area contributed by atoms with Crippen molar-refractivity contribution < 1.29 is 14.1 Å². The number of hydrogen-bond acceptors (Lipinski definition) is 4. The van der Waals surface area contributed by atoms with E-state index in [0.717, 1.165) is 16.3 Å². The third-order valence-electron chi connectivity index (χ3n) is 4.80. The highest BCUT2D eigenvalue weighted by molar-refractivity contribution is 6.37. The summed E-state index contributed by atoms with van der Waals surface area (Å²) in [4.78, 5) is 8.38. The highest BCUT2D eigenvalue weighted by Crippen LogP contribution is 2.33. The maximum absolute atomic E-state index is 13.3. The second kappa shape index (κ2) is 10.8. The minimum absolute atomic E-state index is 0.176. The number of rotatable bonds is 3. The highest BCUT2D eigenvalue weighted by Gasteiger charge is 2.10. The van der Waals surface area contributed by atoms with Gasteiger partial charge in [-0.25, -0.2) is 14.4 Å². The Labute approximate surface area is 215 Å². The van der Waals surface area contributed by atoms with Gasteiger partial charge in [-0.2, -0.15) is 0 Å². The predicted molar refractivity (Wildman–Crippen MR) is 138 cm³/mol. The summed E-state index contributed by atoms with van der Waals surface area (Å²) in [7, 11) is 0.547. The number of aromatic nitrogens is 2. The Kier molecular flexibility index (Phi) is 7.76. The molecule has 0 unspecified atom stereocenters. The first-order valence-electron chi connectivity index (χ1n) is 9.75. The topological polar surface area (TPSA) is 55.2 Å². The van der Waals surface area contributed by atoms with Crippen LogP contribution < -0.4 is 4.65 Å². The number of benzene rings is 3. The summed E-state index contributed by atoms with van der Waals surface area (Å²) >= 11 is 24.1. The molecule has 169 valence electrons. The molecule has 1 N–H and O–H groups in total. The Morgan fingerprint density at radius 1 is 0.735 bits per heavy atom. The van der Waals surface area contributed by atoms with Crippen molar-refractivity contribution in [2.24, 2.45) is 0 Å². The van der Waals surface area contributed by atoms with E-state index in [1.54, 1.807) is 42.5 Å².